The second-order valence-electron chi connectivity index (χ2n) is 15.8. The van der Waals surface area contributed by atoms with Crippen molar-refractivity contribution in [2.75, 3.05) is 39.4 Å². The van der Waals surface area contributed by atoms with E-state index in [1.54, 1.807) is 31.4 Å². The smallest absolute Gasteiger partial charge is 0.277 e. The number of halogens is 1. The Morgan fingerprint density at radius 3 is 1.50 bits per heavy atom. The van der Waals surface area contributed by atoms with Crippen LogP contribution in [0.3, 0.4) is 0 Å². The van der Waals surface area contributed by atoms with E-state index in [0.29, 0.717) is 102 Å². The normalized spacial score (nSPS) is 14.5. The van der Waals surface area contributed by atoms with E-state index < -0.39 is 19.1 Å². The number of aromatic nitrogens is 8. The van der Waals surface area contributed by atoms with Crippen LogP contribution in [-0.2, 0) is 31.9 Å². The minimum absolute atomic E-state index is 0. The van der Waals surface area contributed by atoms with Crippen molar-refractivity contribution in [2.45, 2.75) is 90.9 Å². The molecule has 0 aliphatic carbocycles. The predicted octanol–water partition coefficient (Wildman–Crippen LogP) is 4.71. The first-order valence-corrected chi connectivity index (χ1v) is 24.9. The van der Waals surface area contributed by atoms with Gasteiger partial charge in [0, 0.05) is 36.6 Å². The summed E-state index contributed by atoms with van der Waals surface area (Å²) in [6.07, 6.45) is 3.02. The van der Waals surface area contributed by atoms with Gasteiger partial charge in [-0.05, 0) is 82.9 Å². The molecule has 2 aromatic carbocycles. The maximum atomic E-state index is 13.0. The number of nitrogens with zero attached hydrogens (tertiary/aromatic N) is 7. The number of H-pyrrole nitrogens is 2. The van der Waals surface area contributed by atoms with Crippen molar-refractivity contribution >= 4 is 40.8 Å². The number of imidazole rings is 2. The third kappa shape index (κ3) is 10.7. The van der Waals surface area contributed by atoms with Gasteiger partial charge in [0.1, 0.15) is 23.1 Å². The van der Waals surface area contributed by atoms with E-state index in [0.717, 1.165) is 18.8 Å². The molecule has 21 heteroatoms. The number of hydrogen-bond donors (Lipinski definition) is 3. The van der Waals surface area contributed by atoms with Gasteiger partial charge in [0.15, 0.2) is 22.7 Å². The Bertz CT molecular complexity index is 2950. The summed E-state index contributed by atoms with van der Waals surface area (Å²) < 4.78 is 65.3. The Morgan fingerprint density at radius 2 is 1.14 bits per heavy atom. The summed E-state index contributed by atoms with van der Waals surface area (Å²) in [5.41, 5.74) is 2.00. The number of benzene rings is 2. The van der Waals surface area contributed by atoms with E-state index in [9.17, 15) is 26.4 Å². The molecule has 0 radical (unpaired) electrons. The van der Waals surface area contributed by atoms with E-state index in [-0.39, 0.29) is 40.0 Å². The van der Waals surface area contributed by atoms with Gasteiger partial charge in [-0.1, -0.05) is 27.7 Å². The van der Waals surface area contributed by atoms with Crippen LogP contribution >= 0.6 is 10.7 Å². The predicted molar refractivity (Wildman–Crippen MR) is 246 cm³/mol. The average molecular weight is 944 g/mol. The lowest BCUT2D eigenvalue weighted by Crippen LogP contribution is -2.95. The second-order valence-corrected chi connectivity index (χ2v) is 20.3. The maximum absolute atomic E-state index is 13.0. The topological polar surface area (TPSA) is 233 Å². The molecule has 2 aliphatic heterocycles. The van der Waals surface area contributed by atoms with Crippen molar-refractivity contribution < 1.29 is 31.6 Å². The first kappa shape index (κ1) is 49.9. The standard InChI is InChI=1S/C21H27N5O4S.C17H19ClN4O4S.C4H9N.CH3/c1-5-7-18-22-14(4)19-21(27)23-20(24-26(18)19)16-10-15(8-9-17(16)30-6-2)31(28,29)25-11-13(3)12-25;1-4-6-14-19-10(3)15-17(23)20-16(21-22(14)15)12-9-11(27(18,24)25)7-8-13(12)26-5-2;1-4-2-5-3-4;/h8-10,13H,5-7,11-12H2,1-4H3,(H,23,24,27);7-9H,4-6H2,1-3H3,(H,20,21,23);4-5H,2-3H2,1H3;1H3/q;;;-1/p+1. The molecule has 8 rings (SSSR count). The molecule has 0 bridgehead atoms. The Kier molecular flexibility index (Phi) is 16.2. The van der Waals surface area contributed by atoms with Gasteiger partial charge >= 0.3 is 0 Å². The highest BCUT2D eigenvalue weighted by Crippen LogP contribution is 2.34. The number of nitrogens with two attached hydrogens (primary N) is 1. The van der Waals surface area contributed by atoms with Crippen LogP contribution in [0.1, 0.15) is 77.4 Å². The molecule has 0 atom stereocenters. The van der Waals surface area contributed by atoms with E-state index in [2.05, 4.69) is 42.4 Å². The van der Waals surface area contributed by atoms with Crippen LogP contribution in [0.4, 0.5) is 0 Å². The van der Waals surface area contributed by atoms with E-state index in [1.807, 2.05) is 27.7 Å². The van der Waals surface area contributed by atoms with Crippen LogP contribution in [0, 0.1) is 33.1 Å². The highest BCUT2D eigenvalue weighted by Gasteiger charge is 2.35. The fourth-order valence-electron chi connectivity index (χ4n) is 7.24. The Balaban J connectivity index is 0.000000215. The summed E-state index contributed by atoms with van der Waals surface area (Å²) in [4.78, 5) is 39.9. The molecular formula is C43H59ClN10O8S2. The lowest BCUT2D eigenvalue weighted by molar-refractivity contribution is -0.721. The van der Waals surface area contributed by atoms with Gasteiger partial charge in [-0.2, -0.15) is 4.31 Å². The summed E-state index contributed by atoms with van der Waals surface area (Å²) in [6, 6.07) is 8.84. The molecule has 0 saturated carbocycles. The highest BCUT2D eigenvalue weighted by atomic mass is 35.7. The Labute approximate surface area is 378 Å². The highest BCUT2D eigenvalue weighted by molar-refractivity contribution is 8.13. The number of rotatable bonds is 13. The summed E-state index contributed by atoms with van der Waals surface area (Å²) in [5.74, 6) is 3.97. The largest absolute Gasteiger partial charge is 0.493 e. The molecular weight excluding hydrogens is 884 g/mol. The van der Waals surface area contributed by atoms with Crippen LogP contribution in [0.25, 0.3) is 33.8 Å². The molecule has 348 valence electrons. The number of quaternary nitrogens is 1. The van der Waals surface area contributed by atoms with Gasteiger partial charge in [-0.3, -0.25) is 9.59 Å². The number of sulfonamides is 1. The number of aryl methyl sites for hydroxylation is 4. The molecule has 4 aromatic heterocycles. The SMILES string of the molecule is CC1C[NH2+]C1.CCCc1nc(C)c2c(=O)[nH]c(-c3cc(S(=O)(=O)Cl)ccc3OCC)nn12.CCCc1nc(C)c2c(=O)[nH]c(-c3cc(S(=O)(=O)N4CC(C)C4)ccc3OCC)nn12.[CH3-]. The fraction of sp³-hybridized carbons (Fsp3) is 0.465. The summed E-state index contributed by atoms with van der Waals surface area (Å²) in [7, 11) is -2.11. The van der Waals surface area contributed by atoms with Gasteiger partial charge in [-0.25, -0.2) is 35.8 Å². The Morgan fingerprint density at radius 1 is 0.719 bits per heavy atom. The third-order valence-electron chi connectivity index (χ3n) is 10.5. The number of nitrogens with one attached hydrogen (secondary N) is 2. The third-order valence-corrected chi connectivity index (χ3v) is 13.7. The minimum Gasteiger partial charge on any atom is -0.493 e. The minimum atomic E-state index is -3.95. The van der Waals surface area contributed by atoms with Gasteiger partial charge in [0.05, 0.1) is 64.5 Å². The van der Waals surface area contributed by atoms with Crippen molar-refractivity contribution in [3.63, 3.8) is 0 Å². The number of hydrogen-bond acceptors (Lipinski definition) is 12. The molecule has 6 heterocycles. The zero-order valence-corrected chi connectivity index (χ0v) is 40.2. The second kappa shape index (κ2) is 20.8. The zero-order valence-electron chi connectivity index (χ0n) is 37.9. The fourth-order valence-corrected chi connectivity index (χ4v) is 9.72. The molecule has 4 N–H and O–H groups in total. The molecule has 64 heavy (non-hydrogen) atoms. The molecule has 2 aliphatic rings. The maximum Gasteiger partial charge on any atom is 0.277 e. The molecule has 0 amide bonds. The summed E-state index contributed by atoms with van der Waals surface area (Å²) in [6.45, 7) is 20.0. The Hall–Kier alpha value is -5.15. The van der Waals surface area contributed by atoms with E-state index >= 15 is 0 Å². The molecule has 2 saturated heterocycles. The van der Waals surface area contributed by atoms with Crippen molar-refractivity contribution in [2.24, 2.45) is 11.8 Å². The van der Waals surface area contributed by atoms with Crippen LogP contribution in [0.5, 0.6) is 11.5 Å². The zero-order chi connectivity index (χ0) is 45.8. The van der Waals surface area contributed by atoms with E-state index in [1.165, 1.54) is 52.2 Å². The molecule has 18 nitrogen and oxygen atoms in total. The van der Waals surface area contributed by atoms with Crippen molar-refractivity contribution in [3.05, 3.63) is 87.6 Å². The van der Waals surface area contributed by atoms with Crippen LogP contribution in [-0.4, -0.2) is 99.7 Å². The van der Waals surface area contributed by atoms with Gasteiger partial charge < -0.3 is 32.2 Å². The lowest BCUT2D eigenvalue weighted by atomic mass is 10.1. The average Bonchev–Trinajstić information content (AvgIpc) is 3.71. The lowest BCUT2D eigenvalue weighted by Gasteiger charge is -2.35. The number of ether oxygens (including phenoxy) is 2. The molecule has 2 fully saturated rings. The van der Waals surface area contributed by atoms with Crippen LogP contribution < -0.4 is 25.9 Å². The first-order valence-electron chi connectivity index (χ1n) is 21.2. The molecule has 0 unspecified atom stereocenters. The summed E-state index contributed by atoms with van der Waals surface area (Å²) in [5, 5.41) is 11.4. The summed E-state index contributed by atoms with van der Waals surface area (Å²) >= 11 is 0. The monoisotopic (exact) mass is 942 g/mol. The first-order chi connectivity index (χ1) is 29.9. The number of aromatic amines is 2. The van der Waals surface area contributed by atoms with E-state index in [4.69, 9.17) is 20.2 Å². The van der Waals surface area contributed by atoms with Crippen molar-refractivity contribution in [1.29, 1.82) is 0 Å². The molecule has 0 spiro atoms. The van der Waals surface area contributed by atoms with Crippen LogP contribution in [0.2, 0.25) is 0 Å². The van der Waals surface area contributed by atoms with Gasteiger partial charge in [-0.15, -0.1) is 10.2 Å². The quantitative estimate of drug-likeness (QED) is 0.106. The van der Waals surface area contributed by atoms with Crippen molar-refractivity contribution in [1.82, 2.24) is 43.5 Å². The van der Waals surface area contributed by atoms with Gasteiger partial charge in [0.2, 0.25) is 10.0 Å². The molecule has 6 aromatic rings. The van der Waals surface area contributed by atoms with Crippen molar-refractivity contribution in [3.8, 4) is 34.3 Å². The van der Waals surface area contributed by atoms with Crippen LogP contribution in [0.15, 0.2) is 55.8 Å². The van der Waals surface area contributed by atoms with Gasteiger partial charge in [0.25, 0.3) is 20.2 Å². The number of fused-ring (bicyclic) bond motifs is 2.